The summed E-state index contributed by atoms with van der Waals surface area (Å²) in [5.74, 6) is -0.430. The highest BCUT2D eigenvalue weighted by molar-refractivity contribution is 6.62. The van der Waals surface area contributed by atoms with Crippen LogP contribution >= 0.6 is 0 Å². The number of hydrogen-bond acceptors (Lipinski definition) is 3. The Labute approximate surface area is 120 Å². The number of carbonyl (C=O) groups excluding carboxylic acids is 1. The minimum absolute atomic E-state index is 0.401. The highest BCUT2D eigenvalue weighted by Gasteiger charge is 2.52. The Morgan fingerprint density at radius 1 is 1.05 bits per heavy atom. The van der Waals surface area contributed by atoms with E-state index < -0.39 is 24.2 Å². The monoisotopic (exact) mass is 275 g/mol. The van der Waals surface area contributed by atoms with Crippen LogP contribution in [0.15, 0.2) is 12.1 Å². The molecule has 0 aliphatic carbocycles. The van der Waals surface area contributed by atoms with Crippen molar-refractivity contribution in [2.45, 2.75) is 52.7 Å². The maximum Gasteiger partial charge on any atom is 0.495 e. The van der Waals surface area contributed by atoms with Gasteiger partial charge in [-0.1, -0.05) is 11.6 Å². The van der Waals surface area contributed by atoms with E-state index >= 15 is 0 Å². The van der Waals surface area contributed by atoms with Crippen molar-refractivity contribution in [1.82, 2.24) is 0 Å². The molecule has 2 N–H and O–H groups in total. The summed E-state index contributed by atoms with van der Waals surface area (Å²) < 4.78 is 12.1. The van der Waals surface area contributed by atoms with E-state index in [-0.39, 0.29) is 0 Å². The average Bonchev–Trinajstić information content (AvgIpc) is 2.47. The van der Waals surface area contributed by atoms with Crippen molar-refractivity contribution in [3.8, 4) is 0 Å². The van der Waals surface area contributed by atoms with Crippen molar-refractivity contribution in [3.05, 3.63) is 28.8 Å². The normalized spacial score (nSPS) is 20.2. The molecule has 0 atom stereocenters. The molecule has 2 rings (SSSR count). The first kappa shape index (κ1) is 15.1. The van der Waals surface area contributed by atoms with E-state index in [1.165, 1.54) is 0 Å². The molecule has 1 aliphatic heterocycles. The number of rotatable bonds is 2. The number of aryl methyl sites for hydroxylation is 2. The Balaban J connectivity index is 2.45. The highest BCUT2D eigenvalue weighted by Crippen LogP contribution is 2.36. The molecule has 20 heavy (non-hydrogen) atoms. The first-order valence-corrected chi connectivity index (χ1v) is 6.82. The molecule has 0 aromatic heterocycles. The summed E-state index contributed by atoms with van der Waals surface area (Å²) in [7, 11) is -0.473. The third kappa shape index (κ3) is 2.36. The molecular formula is C15H22BNO3. The summed E-state index contributed by atoms with van der Waals surface area (Å²) in [4.78, 5) is 11.5. The molecule has 1 aliphatic rings. The maximum absolute atomic E-state index is 11.5. The van der Waals surface area contributed by atoms with Crippen LogP contribution < -0.4 is 11.2 Å². The summed E-state index contributed by atoms with van der Waals surface area (Å²) in [5.41, 5.74) is 7.90. The van der Waals surface area contributed by atoms with Crippen molar-refractivity contribution >= 4 is 18.5 Å². The van der Waals surface area contributed by atoms with Gasteiger partial charge >= 0.3 is 7.12 Å². The second kappa shape index (κ2) is 4.60. The lowest BCUT2D eigenvalue weighted by Crippen LogP contribution is -2.41. The van der Waals surface area contributed by atoms with Crippen LogP contribution in [0.1, 0.15) is 49.2 Å². The second-order valence-electron chi connectivity index (χ2n) is 6.48. The number of nitrogens with two attached hydrogens (primary N) is 1. The quantitative estimate of drug-likeness (QED) is 0.836. The largest absolute Gasteiger partial charge is 0.495 e. The van der Waals surface area contributed by atoms with Crippen LogP contribution in [0.3, 0.4) is 0 Å². The zero-order chi connectivity index (χ0) is 15.3. The fourth-order valence-electron chi connectivity index (χ4n) is 2.36. The summed E-state index contributed by atoms with van der Waals surface area (Å²) in [6.07, 6.45) is 0. The molecule has 1 amide bonds. The van der Waals surface area contributed by atoms with Crippen molar-refractivity contribution < 1.29 is 14.1 Å². The predicted molar refractivity (Wildman–Crippen MR) is 80.1 cm³/mol. The molecule has 1 heterocycles. The molecule has 0 spiro atoms. The van der Waals surface area contributed by atoms with E-state index in [9.17, 15) is 4.79 Å². The molecule has 1 saturated heterocycles. The van der Waals surface area contributed by atoms with Gasteiger partial charge in [0.25, 0.3) is 0 Å². The van der Waals surface area contributed by atoms with E-state index in [0.717, 1.165) is 16.6 Å². The molecular weight excluding hydrogens is 253 g/mol. The summed E-state index contributed by atoms with van der Waals surface area (Å²) in [6.45, 7) is 11.9. The fraction of sp³-hybridized carbons (Fsp3) is 0.533. The van der Waals surface area contributed by atoms with Gasteiger partial charge in [0.15, 0.2) is 0 Å². The first-order valence-electron chi connectivity index (χ1n) is 6.82. The third-order valence-corrected chi connectivity index (χ3v) is 4.39. The van der Waals surface area contributed by atoms with Crippen molar-refractivity contribution in [3.63, 3.8) is 0 Å². The van der Waals surface area contributed by atoms with E-state index in [1.54, 1.807) is 6.07 Å². The van der Waals surface area contributed by atoms with Gasteiger partial charge in [-0.15, -0.1) is 0 Å². The molecule has 0 unspecified atom stereocenters. The Bertz CT molecular complexity index is 550. The van der Waals surface area contributed by atoms with Crippen LogP contribution in [0.5, 0.6) is 0 Å². The zero-order valence-electron chi connectivity index (χ0n) is 13.0. The SMILES string of the molecule is Cc1cc(C)c(C(N)=O)cc1B1OC(C)(C)C(C)(C)O1. The molecule has 0 bridgehead atoms. The van der Waals surface area contributed by atoms with Gasteiger partial charge in [-0.2, -0.15) is 0 Å². The van der Waals surface area contributed by atoms with E-state index in [1.807, 2.05) is 47.6 Å². The lowest BCUT2D eigenvalue weighted by atomic mass is 9.74. The van der Waals surface area contributed by atoms with Crippen molar-refractivity contribution in [1.29, 1.82) is 0 Å². The standard InChI is InChI=1S/C15H22BNO3/c1-9-7-10(2)12(8-11(9)13(17)18)16-19-14(3,4)15(5,6)20-16/h7-8H,1-6H3,(H2,17,18). The highest BCUT2D eigenvalue weighted by atomic mass is 16.7. The first-order chi connectivity index (χ1) is 9.05. The lowest BCUT2D eigenvalue weighted by Gasteiger charge is -2.32. The molecule has 1 aromatic rings. The Morgan fingerprint density at radius 3 is 2.00 bits per heavy atom. The number of amides is 1. The van der Waals surface area contributed by atoms with Crippen LogP contribution in [0, 0.1) is 13.8 Å². The van der Waals surface area contributed by atoms with Crippen molar-refractivity contribution in [2.24, 2.45) is 5.73 Å². The van der Waals surface area contributed by atoms with E-state index in [2.05, 4.69) is 0 Å². The molecule has 0 radical (unpaired) electrons. The van der Waals surface area contributed by atoms with Crippen LogP contribution in [0.25, 0.3) is 0 Å². The molecule has 1 aromatic carbocycles. The van der Waals surface area contributed by atoms with Gasteiger partial charge in [0.2, 0.25) is 5.91 Å². The minimum Gasteiger partial charge on any atom is -0.399 e. The topological polar surface area (TPSA) is 61.6 Å². The lowest BCUT2D eigenvalue weighted by molar-refractivity contribution is 0.00578. The molecule has 4 nitrogen and oxygen atoms in total. The summed E-state index contributed by atoms with van der Waals surface area (Å²) >= 11 is 0. The van der Waals surface area contributed by atoms with Crippen LogP contribution in [-0.4, -0.2) is 24.2 Å². The smallest absolute Gasteiger partial charge is 0.399 e. The predicted octanol–water partition coefficient (Wildman–Crippen LogP) is 1.70. The van der Waals surface area contributed by atoms with E-state index in [0.29, 0.717) is 5.56 Å². The summed E-state index contributed by atoms with van der Waals surface area (Å²) in [6, 6.07) is 3.73. The molecule has 108 valence electrons. The molecule has 1 fully saturated rings. The second-order valence-corrected chi connectivity index (χ2v) is 6.48. The van der Waals surface area contributed by atoms with Crippen LogP contribution in [-0.2, 0) is 9.31 Å². The average molecular weight is 275 g/mol. The Hall–Kier alpha value is -1.33. The molecule has 5 heteroatoms. The van der Waals surface area contributed by atoms with E-state index in [4.69, 9.17) is 15.0 Å². The van der Waals surface area contributed by atoms with Crippen LogP contribution in [0.2, 0.25) is 0 Å². The molecule has 0 saturated carbocycles. The minimum atomic E-state index is -0.473. The van der Waals surface area contributed by atoms with Gasteiger partial charge in [-0.25, -0.2) is 0 Å². The van der Waals surface area contributed by atoms with Crippen molar-refractivity contribution in [2.75, 3.05) is 0 Å². The van der Waals surface area contributed by atoms with Gasteiger partial charge in [0.1, 0.15) is 0 Å². The van der Waals surface area contributed by atoms with Gasteiger partial charge in [0.05, 0.1) is 11.2 Å². The van der Waals surface area contributed by atoms with Gasteiger partial charge in [-0.3, -0.25) is 4.79 Å². The fourth-order valence-corrected chi connectivity index (χ4v) is 2.36. The Kier molecular flexibility index (Phi) is 3.47. The van der Waals surface area contributed by atoms with Gasteiger partial charge in [0, 0.05) is 5.56 Å². The maximum atomic E-state index is 11.5. The van der Waals surface area contributed by atoms with Crippen LogP contribution in [0.4, 0.5) is 0 Å². The number of carbonyl (C=O) groups is 1. The van der Waals surface area contributed by atoms with Gasteiger partial charge < -0.3 is 15.0 Å². The number of primary amides is 1. The zero-order valence-corrected chi connectivity index (χ0v) is 13.0. The Morgan fingerprint density at radius 2 is 1.55 bits per heavy atom. The van der Waals surface area contributed by atoms with Gasteiger partial charge in [-0.05, 0) is 58.6 Å². The number of benzene rings is 1. The summed E-state index contributed by atoms with van der Waals surface area (Å²) in [5, 5.41) is 0. The third-order valence-electron chi connectivity index (χ3n) is 4.39. The number of hydrogen-bond donors (Lipinski definition) is 1.